The van der Waals surface area contributed by atoms with Crippen molar-refractivity contribution in [1.29, 1.82) is 0 Å². The molecule has 0 fully saturated rings. The zero-order chi connectivity index (χ0) is 14.0. The molecule has 1 amide bonds. The highest BCUT2D eigenvalue weighted by molar-refractivity contribution is 9.10. The van der Waals surface area contributed by atoms with Crippen molar-refractivity contribution in [1.82, 2.24) is 14.6 Å². The van der Waals surface area contributed by atoms with Crippen LogP contribution < -0.4 is 5.32 Å². The molecule has 0 aliphatic carbocycles. The number of hydrogen-bond donors (Lipinski definition) is 1. The van der Waals surface area contributed by atoms with E-state index >= 15 is 0 Å². The molecule has 0 saturated carbocycles. The van der Waals surface area contributed by atoms with Gasteiger partial charge in [-0.1, -0.05) is 18.3 Å². The van der Waals surface area contributed by atoms with E-state index in [1.54, 1.807) is 6.20 Å². The second-order valence-corrected chi connectivity index (χ2v) is 6.02. The zero-order valence-electron chi connectivity index (χ0n) is 10.8. The van der Waals surface area contributed by atoms with Crippen LogP contribution in [0.5, 0.6) is 0 Å². The van der Waals surface area contributed by atoms with Crippen molar-refractivity contribution in [2.75, 3.05) is 5.32 Å². The number of amides is 1. The quantitative estimate of drug-likeness (QED) is 0.929. The van der Waals surface area contributed by atoms with E-state index in [4.69, 9.17) is 0 Å². The molecule has 2 heterocycles. The summed E-state index contributed by atoms with van der Waals surface area (Å²) in [5.74, 6) is 0.473. The maximum Gasteiger partial charge on any atom is 0.270 e. The van der Waals surface area contributed by atoms with E-state index in [1.807, 2.05) is 26.8 Å². The number of carbonyl (C=O) groups is 1. The highest BCUT2D eigenvalue weighted by atomic mass is 79.9. The lowest BCUT2D eigenvalue weighted by atomic mass is 10.1. The highest BCUT2D eigenvalue weighted by Gasteiger charge is 2.19. The van der Waals surface area contributed by atoms with Gasteiger partial charge in [-0.3, -0.25) is 4.79 Å². The van der Waals surface area contributed by atoms with Crippen LogP contribution in [-0.4, -0.2) is 20.5 Å². The Morgan fingerprint density at radius 3 is 2.84 bits per heavy atom. The van der Waals surface area contributed by atoms with Crippen LogP contribution in [0.4, 0.5) is 5.82 Å². The van der Waals surface area contributed by atoms with Crippen LogP contribution in [0.1, 0.15) is 40.7 Å². The molecule has 7 heteroatoms. The lowest BCUT2D eigenvalue weighted by Crippen LogP contribution is -2.14. The lowest BCUT2D eigenvalue weighted by Gasteiger charge is -2.06. The molecule has 0 aromatic carbocycles. The molecule has 0 aliphatic rings. The van der Waals surface area contributed by atoms with Gasteiger partial charge in [-0.2, -0.15) is 0 Å². The number of aromatic nitrogens is 3. The van der Waals surface area contributed by atoms with Gasteiger partial charge in [-0.25, -0.2) is 4.98 Å². The van der Waals surface area contributed by atoms with Crippen molar-refractivity contribution >= 4 is 39.2 Å². The Hall–Kier alpha value is -1.34. The minimum atomic E-state index is -0.215. The van der Waals surface area contributed by atoms with Gasteiger partial charge in [-0.15, -0.1) is 5.10 Å². The maximum atomic E-state index is 12.2. The van der Waals surface area contributed by atoms with Gasteiger partial charge in [0.2, 0.25) is 0 Å². The first-order chi connectivity index (χ1) is 8.99. The van der Waals surface area contributed by atoms with Crippen LogP contribution in [0, 0.1) is 6.92 Å². The van der Waals surface area contributed by atoms with Crippen LogP contribution in [0.3, 0.4) is 0 Å². The summed E-state index contributed by atoms with van der Waals surface area (Å²) in [4.78, 5) is 16.9. The van der Waals surface area contributed by atoms with Gasteiger partial charge < -0.3 is 5.32 Å². The first-order valence-electron chi connectivity index (χ1n) is 5.74. The molecule has 2 aromatic heterocycles. The molecule has 1 N–H and O–H groups in total. The van der Waals surface area contributed by atoms with Crippen molar-refractivity contribution in [3.63, 3.8) is 0 Å². The fourth-order valence-corrected chi connectivity index (χ4v) is 2.44. The van der Waals surface area contributed by atoms with Crippen molar-refractivity contribution < 1.29 is 4.79 Å². The van der Waals surface area contributed by atoms with Gasteiger partial charge in [0.25, 0.3) is 5.91 Å². The number of pyridine rings is 1. The molecule has 100 valence electrons. The van der Waals surface area contributed by atoms with Crippen molar-refractivity contribution in [2.24, 2.45) is 0 Å². The average molecular weight is 341 g/mol. The number of nitrogens with zero attached hydrogens (tertiary/aromatic N) is 3. The van der Waals surface area contributed by atoms with E-state index in [9.17, 15) is 4.79 Å². The summed E-state index contributed by atoms with van der Waals surface area (Å²) in [5, 5.41) is 6.76. The predicted molar refractivity (Wildman–Crippen MR) is 78.6 cm³/mol. The smallest absolute Gasteiger partial charge is 0.270 e. The summed E-state index contributed by atoms with van der Waals surface area (Å²) < 4.78 is 4.75. The van der Waals surface area contributed by atoms with Crippen LogP contribution in [0.2, 0.25) is 0 Å². The van der Waals surface area contributed by atoms with Gasteiger partial charge in [0.15, 0.2) is 0 Å². The largest absolute Gasteiger partial charge is 0.306 e. The second-order valence-electron chi connectivity index (χ2n) is 4.41. The van der Waals surface area contributed by atoms with Crippen molar-refractivity contribution in [3.05, 3.63) is 32.9 Å². The van der Waals surface area contributed by atoms with E-state index in [-0.39, 0.29) is 11.8 Å². The van der Waals surface area contributed by atoms with Crippen molar-refractivity contribution in [3.8, 4) is 0 Å². The third-order valence-electron chi connectivity index (χ3n) is 2.55. The Bertz CT molecular complexity index is 612. The molecule has 0 aliphatic heterocycles. The Morgan fingerprint density at radius 2 is 2.21 bits per heavy atom. The predicted octanol–water partition coefficient (Wildman–Crippen LogP) is 3.38. The second kappa shape index (κ2) is 5.75. The summed E-state index contributed by atoms with van der Waals surface area (Å²) in [6, 6.07) is 1.81. The summed E-state index contributed by atoms with van der Waals surface area (Å²) >= 11 is 4.47. The first-order valence-corrected chi connectivity index (χ1v) is 7.31. The van der Waals surface area contributed by atoms with Crippen LogP contribution in [-0.2, 0) is 0 Å². The van der Waals surface area contributed by atoms with E-state index < -0.39 is 0 Å². The molecule has 0 bridgehead atoms. The molecule has 5 nitrogen and oxygen atoms in total. The van der Waals surface area contributed by atoms with Gasteiger partial charge in [0, 0.05) is 10.7 Å². The van der Waals surface area contributed by atoms with E-state index in [0.717, 1.165) is 27.3 Å². The Labute approximate surface area is 123 Å². The molecular weight excluding hydrogens is 328 g/mol. The maximum absolute atomic E-state index is 12.2. The molecule has 0 atom stereocenters. The van der Waals surface area contributed by atoms with Gasteiger partial charge in [0.05, 0.1) is 5.69 Å². The monoisotopic (exact) mass is 340 g/mol. The summed E-state index contributed by atoms with van der Waals surface area (Å²) in [5.41, 5.74) is 1.73. The van der Waals surface area contributed by atoms with Gasteiger partial charge in [-0.05, 0) is 51.9 Å². The molecule has 2 aromatic rings. The van der Waals surface area contributed by atoms with Crippen molar-refractivity contribution in [2.45, 2.75) is 26.7 Å². The number of rotatable bonds is 3. The van der Waals surface area contributed by atoms with Crippen LogP contribution >= 0.6 is 27.5 Å². The van der Waals surface area contributed by atoms with Gasteiger partial charge >= 0.3 is 0 Å². The lowest BCUT2D eigenvalue weighted by molar-refractivity contribution is 0.102. The molecule has 0 saturated heterocycles. The molecule has 2 rings (SSSR count). The minimum Gasteiger partial charge on any atom is -0.306 e. The van der Waals surface area contributed by atoms with Crippen LogP contribution in [0.25, 0.3) is 0 Å². The third kappa shape index (κ3) is 3.16. The number of carbonyl (C=O) groups excluding carboxylic acids is 1. The molecule has 0 spiro atoms. The molecule has 0 unspecified atom stereocenters. The Balaban J connectivity index is 2.21. The summed E-state index contributed by atoms with van der Waals surface area (Å²) in [6.45, 7) is 5.90. The molecular formula is C12H13BrN4OS. The van der Waals surface area contributed by atoms with Crippen LogP contribution in [0.15, 0.2) is 16.7 Å². The van der Waals surface area contributed by atoms with E-state index in [1.165, 1.54) is 0 Å². The van der Waals surface area contributed by atoms with E-state index in [0.29, 0.717) is 10.7 Å². The topological polar surface area (TPSA) is 67.8 Å². The number of halogens is 1. The first kappa shape index (κ1) is 14.1. The number of anilines is 1. The SMILES string of the molecule is Cc1cc(NC(=O)c2snnc2C(C)C)ncc1Br. The normalized spacial score (nSPS) is 10.8. The Kier molecular flexibility index (Phi) is 4.26. The number of aryl methyl sites for hydroxylation is 1. The minimum absolute atomic E-state index is 0.166. The molecule has 0 radical (unpaired) electrons. The summed E-state index contributed by atoms with van der Waals surface area (Å²) in [7, 11) is 0. The standard InChI is InChI=1S/C12H13BrN4OS/c1-6(2)10-11(19-17-16-10)12(18)15-9-4-7(3)8(13)5-14-9/h4-6H,1-3H3,(H,14,15,18). The third-order valence-corrected chi connectivity index (χ3v) is 4.13. The average Bonchev–Trinajstić information content (AvgIpc) is 2.83. The van der Waals surface area contributed by atoms with Gasteiger partial charge in [0.1, 0.15) is 10.7 Å². The fraction of sp³-hybridized carbons (Fsp3) is 0.333. The Morgan fingerprint density at radius 1 is 1.47 bits per heavy atom. The number of hydrogen-bond acceptors (Lipinski definition) is 5. The highest BCUT2D eigenvalue weighted by Crippen LogP contribution is 2.22. The zero-order valence-corrected chi connectivity index (χ0v) is 13.2. The van der Waals surface area contributed by atoms with E-state index in [2.05, 4.69) is 35.8 Å². The number of nitrogens with one attached hydrogen (secondary N) is 1. The summed E-state index contributed by atoms with van der Waals surface area (Å²) in [6.07, 6.45) is 1.67. The fourth-order valence-electron chi connectivity index (χ4n) is 1.51. The molecule has 19 heavy (non-hydrogen) atoms.